The number of halogens is 1. The lowest BCUT2D eigenvalue weighted by Crippen LogP contribution is -1.92. The van der Waals surface area contributed by atoms with E-state index in [-0.39, 0.29) is 5.82 Å². The largest absolute Gasteiger partial charge is 0.457 e. The maximum absolute atomic E-state index is 13.3. The van der Waals surface area contributed by atoms with E-state index in [0.29, 0.717) is 17.2 Å². The van der Waals surface area contributed by atoms with Gasteiger partial charge in [-0.3, -0.25) is 0 Å². The summed E-state index contributed by atoms with van der Waals surface area (Å²) in [5.74, 6) is 0.710. The standard InChI is InChI=1S/C18H14FNO/c19-14-7-4-8-16(11-14)21-18-12-15(20)9-10-17(18)13-5-2-1-3-6-13/h1-12H,20H2. The molecule has 3 rings (SSSR count). The number of hydrogen-bond acceptors (Lipinski definition) is 2. The van der Waals surface area contributed by atoms with E-state index < -0.39 is 0 Å². The lowest BCUT2D eigenvalue weighted by molar-refractivity contribution is 0.479. The number of nitrogens with two attached hydrogens (primary N) is 1. The lowest BCUT2D eigenvalue weighted by atomic mass is 10.0. The highest BCUT2D eigenvalue weighted by Gasteiger charge is 2.08. The first-order chi connectivity index (χ1) is 10.2. The summed E-state index contributed by atoms with van der Waals surface area (Å²) in [6.45, 7) is 0. The molecule has 104 valence electrons. The van der Waals surface area contributed by atoms with Gasteiger partial charge in [0.1, 0.15) is 17.3 Å². The van der Waals surface area contributed by atoms with Crippen LogP contribution in [0, 0.1) is 5.82 Å². The summed E-state index contributed by atoms with van der Waals surface area (Å²) in [6, 6.07) is 21.4. The van der Waals surface area contributed by atoms with E-state index in [1.165, 1.54) is 12.1 Å². The zero-order valence-electron chi connectivity index (χ0n) is 11.3. The van der Waals surface area contributed by atoms with Gasteiger partial charge in [-0.15, -0.1) is 0 Å². The van der Waals surface area contributed by atoms with Crippen molar-refractivity contribution < 1.29 is 9.13 Å². The first-order valence-corrected chi connectivity index (χ1v) is 6.61. The minimum Gasteiger partial charge on any atom is -0.457 e. The van der Waals surface area contributed by atoms with Crippen molar-refractivity contribution in [1.29, 1.82) is 0 Å². The van der Waals surface area contributed by atoms with Gasteiger partial charge in [0, 0.05) is 23.4 Å². The highest BCUT2D eigenvalue weighted by Crippen LogP contribution is 2.34. The van der Waals surface area contributed by atoms with E-state index in [1.807, 2.05) is 42.5 Å². The smallest absolute Gasteiger partial charge is 0.137 e. The van der Waals surface area contributed by atoms with Gasteiger partial charge in [0.05, 0.1) is 0 Å². The number of ether oxygens (including phenoxy) is 1. The molecule has 0 amide bonds. The van der Waals surface area contributed by atoms with Crippen molar-refractivity contribution >= 4 is 5.69 Å². The topological polar surface area (TPSA) is 35.2 Å². The van der Waals surface area contributed by atoms with E-state index in [9.17, 15) is 4.39 Å². The molecule has 3 aromatic rings. The SMILES string of the molecule is Nc1ccc(-c2ccccc2)c(Oc2cccc(F)c2)c1. The fourth-order valence-corrected chi connectivity index (χ4v) is 2.14. The Morgan fingerprint density at radius 3 is 2.38 bits per heavy atom. The quantitative estimate of drug-likeness (QED) is 0.694. The van der Waals surface area contributed by atoms with Gasteiger partial charge in [0.2, 0.25) is 0 Å². The summed E-state index contributed by atoms with van der Waals surface area (Å²) < 4.78 is 19.1. The number of anilines is 1. The van der Waals surface area contributed by atoms with Crippen molar-refractivity contribution in [1.82, 2.24) is 0 Å². The minimum absolute atomic E-state index is 0.335. The lowest BCUT2D eigenvalue weighted by Gasteiger charge is -2.12. The Morgan fingerprint density at radius 2 is 1.62 bits per heavy atom. The molecular weight excluding hydrogens is 265 g/mol. The Morgan fingerprint density at radius 1 is 0.810 bits per heavy atom. The molecule has 0 fully saturated rings. The number of rotatable bonds is 3. The highest BCUT2D eigenvalue weighted by molar-refractivity contribution is 5.73. The Balaban J connectivity index is 2.03. The van der Waals surface area contributed by atoms with Crippen LogP contribution in [0.3, 0.4) is 0 Å². The van der Waals surface area contributed by atoms with Crippen LogP contribution in [-0.2, 0) is 0 Å². The fourth-order valence-electron chi connectivity index (χ4n) is 2.14. The molecule has 0 aliphatic carbocycles. The number of nitrogen functional groups attached to an aromatic ring is 1. The maximum atomic E-state index is 13.3. The van der Waals surface area contributed by atoms with E-state index in [1.54, 1.807) is 18.2 Å². The van der Waals surface area contributed by atoms with Crippen LogP contribution in [0.15, 0.2) is 72.8 Å². The van der Waals surface area contributed by atoms with Gasteiger partial charge >= 0.3 is 0 Å². The summed E-state index contributed by atoms with van der Waals surface area (Å²) in [7, 11) is 0. The van der Waals surface area contributed by atoms with Crippen molar-refractivity contribution in [3.63, 3.8) is 0 Å². The molecule has 0 saturated heterocycles. The molecule has 0 atom stereocenters. The van der Waals surface area contributed by atoms with Crippen LogP contribution < -0.4 is 10.5 Å². The van der Waals surface area contributed by atoms with Crippen LogP contribution in [0.1, 0.15) is 0 Å². The zero-order chi connectivity index (χ0) is 14.7. The number of hydrogen-bond donors (Lipinski definition) is 1. The average Bonchev–Trinajstić information content (AvgIpc) is 2.48. The van der Waals surface area contributed by atoms with Gasteiger partial charge in [-0.25, -0.2) is 4.39 Å². The van der Waals surface area contributed by atoms with Crippen LogP contribution in [0.5, 0.6) is 11.5 Å². The normalized spacial score (nSPS) is 10.3. The third-order valence-electron chi connectivity index (χ3n) is 3.11. The van der Waals surface area contributed by atoms with Gasteiger partial charge in [0.15, 0.2) is 0 Å². The molecule has 0 aromatic heterocycles. The van der Waals surface area contributed by atoms with Gasteiger partial charge in [-0.1, -0.05) is 36.4 Å². The van der Waals surface area contributed by atoms with Gasteiger partial charge in [-0.2, -0.15) is 0 Å². The predicted molar refractivity (Wildman–Crippen MR) is 82.8 cm³/mol. The fraction of sp³-hybridized carbons (Fsp3) is 0. The second-order valence-electron chi connectivity index (χ2n) is 4.68. The van der Waals surface area contributed by atoms with Crippen molar-refractivity contribution in [2.75, 3.05) is 5.73 Å². The molecule has 0 aliphatic heterocycles. The Bertz CT molecular complexity index is 756. The molecule has 0 unspecified atom stereocenters. The van der Waals surface area contributed by atoms with Crippen molar-refractivity contribution in [3.05, 3.63) is 78.6 Å². The molecule has 3 heteroatoms. The third-order valence-corrected chi connectivity index (χ3v) is 3.11. The molecule has 3 aromatic carbocycles. The van der Waals surface area contributed by atoms with E-state index in [4.69, 9.17) is 10.5 Å². The molecule has 0 aliphatic rings. The van der Waals surface area contributed by atoms with Crippen LogP contribution in [0.4, 0.5) is 10.1 Å². The molecule has 0 heterocycles. The van der Waals surface area contributed by atoms with E-state index >= 15 is 0 Å². The molecule has 0 saturated carbocycles. The Kier molecular flexibility index (Phi) is 3.56. The summed E-state index contributed by atoms with van der Waals surface area (Å²) in [5.41, 5.74) is 8.36. The minimum atomic E-state index is -0.335. The number of benzene rings is 3. The van der Waals surface area contributed by atoms with Crippen LogP contribution in [0.2, 0.25) is 0 Å². The third kappa shape index (κ3) is 3.03. The van der Waals surface area contributed by atoms with Gasteiger partial charge < -0.3 is 10.5 Å². The van der Waals surface area contributed by atoms with Gasteiger partial charge in [-0.05, 0) is 29.8 Å². The molecule has 2 N–H and O–H groups in total. The Labute approximate surface area is 122 Å². The maximum Gasteiger partial charge on any atom is 0.137 e. The molecular formula is C18H14FNO. The summed E-state index contributed by atoms with van der Waals surface area (Å²) in [5, 5.41) is 0. The highest BCUT2D eigenvalue weighted by atomic mass is 19.1. The molecule has 0 spiro atoms. The first-order valence-electron chi connectivity index (χ1n) is 6.61. The monoisotopic (exact) mass is 279 g/mol. The van der Waals surface area contributed by atoms with Crippen molar-refractivity contribution in [3.8, 4) is 22.6 Å². The zero-order valence-corrected chi connectivity index (χ0v) is 11.3. The molecule has 0 bridgehead atoms. The second-order valence-corrected chi connectivity index (χ2v) is 4.68. The summed E-state index contributed by atoms with van der Waals surface area (Å²) in [6.07, 6.45) is 0. The van der Waals surface area contributed by atoms with E-state index in [2.05, 4.69) is 0 Å². The molecule has 21 heavy (non-hydrogen) atoms. The average molecular weight is 279 g/mol. The van der Waals surface area contributed by atoms with Crippen LogP contribution >= 0.6 is 0 Å². The molecule has 2 nitrogen and oxygen atoms in total. The van der Waals surface area contributed by atoms with Gasteiger partial charge in [0.25, 0.3) is 0 Å². The Hall–Kier alpha value is -2.81. The first kappa shape index (κ1) is 13.2. The van der Waals surface area contributed by atoms with Crippen LogP contribution in [-0.4, -0.2) is 0 Å². The summed E-state index contributed by atoms with van der Waals surface area (Å²) >= 11 is 0. The molecule has 0 radical (unpaired) electrons. The van der Waals surface area contributed by atoms with Crippen molar-refractivity contribution in [2.45, 2.75) is 0 Å². The van der Waals surface area contributed by atoms with Crippen molar-refractivity contribution in [2.24, 2.45) is 0 Å². The van der Waals surface area contributed by atoms with Crippen LogP contribution in [0.25, 0.3) is 11.1 Å². The predicted octanol–water partition coefficient (Wildman–Crippen LogP) is 4.87. The second kappa shape index (κ2) is 5.67. The summed E-state index contributed by atoms with van der Waals surface area (Å²) in [4.78, 5) is 0. The van der Waals surface area contributed by atoms with E-state index in [0.717, 1.165) is 11.1 Å².